The van der Waals surface area contributed by atoms with Crippen molar-refractivity contribution in [2.75, 3.05) is 31.8 Å². The van der Waals surface area contributed by atoms with Crippen LogP contribution >= 0.6 is 0 Å². The van der Waals surface area contributed by atoms with E-state index in [0.29, 0.717) is 30.2 Å². The largest absolute Gasteiger partial charge is 0.497 e. The number of nitrogens with zero attached hydrogens (tertiary/aromatic N) is 2. The molecule has 1 fully saturated rings. The molecule has 0 spiro atoms. The lowest BCUT2D eigenvalue weighted by Crippen LogP contribution is -2.35. The van der Waals surface area contributed by atoms with Crippen LogP contribution in [-0.2, 0) is 14.8 Å². The van der Waals surface area contributed by atoms with Gasteiger partial charge in [0.05, 0.1) is 18.4 Å². The summed E-state index contributed by atoms with van der Waals surface area (Å²) in [6.07, 6.45) is 3.56. The van der Waals surface area contributed by atoms with Crippen molar-refractivity contribution in [1.82, 2.24) is 0 Å². The molecule has 2 heterocycles. The number of esters is 1. The van der Waals surface area contributed by atoms with Crippen LogP contribution in [0.15, 0.2) is 51.8 Å². The predicted octanol–water partition coefficient (Wildman–Crippen LogP) is 3.41. The van der Waals surface area contributed by atoms with Gasteiger partial charge in [-0.15, -0.1) is 4.40 Å². The minimum absolute atomic E-state index is 0.0309. The zero-order valence-corrected chi connectivity index (χ0v) is 18.1. The molecule has 8 nitrogen and oxygen atoms in total. The van der Waals surface area contributed by atoms with Crippen LogP contribution in [0.25, 0.3) is 0 Å². The second kappa shape index (κ2) is 8.97. The molecule has 0 atom stereocenters. The SMILES string of the molecule is COc1ccc(OCCOC(=O)c2ccc3c(c2)S(=O)(=O)N=C2CCCCCN23)cc1. The van der Waals surface area contributed by atoms with Crippen LogP contribution in [0, 0.1) is 0 Å². The van der Waals surface area contributed by atoms with Crippen LogP contribution < -0.4 is 14.4 Å². The van der Waals surface area contributed by atoms with E-state index in [1.165, 1.54) is 6.07 Å². The summed E-state index contributed by atoms with van der Waals surface area (Å²) in [5, 5.41) is 0. The number of ether oxygens (including phenoxy) is 3. The van der Waals surface area contributed by atoms with Gasteiger partial charge in [0.1, 0.15) is 35.4 Å². The first-order valence-corrected chi connectivity index (χ1v) is 11.6. The topological polar surface area (TPSA) is 94.5 Å². The summed E-state index contributed by atoms with van der Waals surface area (Å²) in [6.45, 7) is 0.916. The lowest BCUT2D eigenvalue weighted by Gasteiger charge is -2.29. The van der Waals surface area contributed by atoms with Crippen molar-refractivity contribution in [3.8, 4) is 11.5 Å². The molecule has 4 rings (SSSR count). The molecule has 0 aliphatic carbocycles. The van der Waals surface area contributed by atoms with Gasteiger partial charge >= 0.3 is 5.97 Å². The smallest absolute Gasteiger partial charge is 0.338 e. The van der Waals surface area contributed by atoms with Crippen molar-refractivity contribution in [3.05, 3.63) is 48.0 Å². The van der Waals surface area contributed by atoms with E-state index in [0.717, 1.165) is 25.0 Å². The number of carbonyl (C=O) groups excluding carboxylic acids is 1. The van der Waals surface area contributed by atoms with Crippen LogP contribution in [-0.4, -0.2) is 47.1 Å². The molecule has 31 heavy (non-hydrogen) atoms. The van der Waals surface area contributed by atoms with Gasteiger partial charge in [0, 0.05) is 13.0 Å². The standard InChI is InChI=1S/C22H24N2O6S/c1-28-17-7-9-18(10-8-17)29-13-14-30-22(25)16-6-11-19-20(15-16)31(26,27)23-21-5-3-2-4-12-24(19)21/h6-11,15H,2-5,12-14H2,1H3. The predicted molar refractivity (Wildman–Crippen MR) is 116 cm³/mol. The Balaban J connectivity index is 1.41. The maximum Gasteiger partial charge on any atom is 0.338 e. The molecular weight excluding hydrogens is 420 g/mol. The van der Waals surface area contributed by atoms with Crippen LogP contribution in [0.2, 0.25) is 0 Å². The molecule has 9 heteroatoms. The highest BCUT2D eigenvalue weighted by atomic mass is 32.2. The average Bonchev–Trinajstić information content (AvgIpc) is 3.01. The summed E-state index contributed by atoms with van der Waals surface area (Å²) in [5.41, 5.74) is 0.742. The van der Waals surface area contributed by atoms with Crippen LogP contribution in [0.5, 0.6) is 11.5 Å². The van der Waals surface area contributed by atoms with Gasteiger partial charge in [-0.1, -0.05) is 6.42 Å². The van der Waals surface area contributed by atoms with Crippen LogP contribution in [0.4, 0.5) is 5.69 Å². The number of rotatable bonds is 6. The zero-order valence-electron chi connectivity index (χ0n) is 17.2. The van der Waals surface area contributed by atoms with E-state index in [1.54, 1.807) is 43.5 Å². The van der Waals surface area contributed by atoms with E-state index >= 15 is 0 Å². The van der Waals surface area contributed by atoms with Gasteiger partial charge in [0.2, 0.25) is 0 Å². The Morgan fingerprint density at radius 2 is 1.81 bits per heavy atom. The molecule has 0 radical (unpaired) electrons. The van der Waals surface area contributed by atoms with Gasteiger partial charge in [0.25, 0.3) is 10.0 Å². The molecule has 0 N–H and O–H groups in total. The first kappa shape index (κ1) is 21.2. The fourth-order valence-electron chi connectivity index (χ4n) is 3.66. The second-order valence-electron chi connectivity index (χ2n) is 7.29. The normalized spacial score (nSPS) is 16.9. The summed E-state index contributed by atoms with van der Waals surface area (Å²) in [7, 11) is -2.26. The van der Waals surface area contributed by atoms with Crippen molar-refractivity contribution in [2.45, 2.75) is 30.6 Å². The highest BCUT2D eigenvalue weighted by Crippen LogP contribution is 2.35. The fraction of sp³-hybridized carbons (Fsp3) is 0.364. The molecule has 0 saturated carbocycles. The fourth-order valence-corrected chi connectivity index (χ4v) is 4.94. The van der Waals surface area contributed by atoms with Gasteiger partial charge < -0.3 is 19.1 Å². The van der Waals surface area contributed by atoms with E-state index in [4.69, 9.17) is 14.2 Å². The van der Waals surface area contributed by atoms with E-state index in [-0.39, 0.29) is 23.7 Å². The summed E-state index contributed by atoms with van der Waals surface area (Å²) in [6, 6.07) is 11.7. The molecule has 164 valence electrons. The van der Waals surface area contributed by atoms with Crippen molar-refractivity contribution in [1.29, 1.82) is 0 Å². The Morgan fingerprint density at radius 1 is 1.03 bits per heavy atom. The minimum Gasteiger partial charge on any atom is -0.497 e. The molecule has 0 unspecified atom stereocenters. The zero-order chi connectivity index (χ0) is 21.8. The lowest BCUT2D eigenvalue weighted by molar-refractivity contribution is 0.0450. The van der Waals surface area contributed by atoms with Gasteiger partial charge in [-0.05, 0) is 55.3 Å². The lowest BCUT2D eigenvalue weighted by atomic mass is 10.2. The van der Waals surface area contributed by atoms with Crippen LogP contribution in [0.1, 0.15) is 36.0 Å². The third kappa shape index (κ3) is 4.66. The van der Waals surface area contributed by atoms with Crippen LogP contribution in [0.3, 0.4) is 0 Å². The van der Waals surface area contributed by atoms with Crippen molar-refractivity contribution < 1.29 is 27.4 Å². The molecule has 1 saturated heterocycles. The maximum atomic E-state index is 12.7. The summed E-state index contributed by atoms with van der Waals surface area (Å²) in [5.74, 6) is 1.32. The van der Waals surface area contributed by atoms with Gasteiger partial charge in [-0.3, -0.25) is 0 Å². The number of amidine groups is 1. The molecule has 2 aliphatic rings. The summed E-state index contributed by atoms with van der Waals surface area (Å²) < 4.78 is 45.2. The molecule has 0 aromatic heterocycles. The quantitative estimate of drug-likeness (QED) is 0.498. The van der Waals surface area contributed by atoms with Gasteiger partial charge in [0.15, 0.2) is 0 Å². The Morgan fingerprint density at radius 3 is 2.58 bits per heavy atom. The van der Waals surface area contributed by atoms with E-state index in [1.807, 2.05) is 4.90 Å². The first-order chi connectivity index (χ1) is 15.0. The third-order valence-electron chi connectivity index (χ3n) is 5.23. The minimum atomic E-state index is -3.85. The average molecular weight is 445 g/mol. The Labute approximate surface area is 181 Å². The molecule has 0 amide bonds. The number of benzene rings is 2. The number of methoxy groups -OCH3 is 1. The molecule has 2 aromatic carbocycles. The van der Waals surface area contributed by atoms with E-state index in [2.05, 4.69) is 4.40 Å². The second-order valence-corrected chi connectivity index (χ2v) is 8.86. The number of fused-ring (bicyclic) bond motifs is 3. The molecular formula is C22H24N2O6S. The number of hydrogen-bond acceptors (Lipinski definition) is 7. The Hall–Kier alpha value is -3.07. The number of hydrogen-bond donors (Lipinski definition) is 0. The Kier molecular flexibility index (Phi) is 6.13. The molecule has 2 aromatic rings. The van der Waals surface area contributed by atoms with E-state index in [9.17, 15) is 13.2 Å². The highest BCUT2D eigenvalue weighted by Gasteiger charge is 2.32. The van der Waals surface area contributed by atoms with Crippen molar-refractivity contribution >= 4 is 27.5 Å². The Bertz CT molecular complexity index is 1100. The maximum absolute atomic E-state index is 12.7. The monoisotopic (exact) mass is 444 g/mol. The highest BCUT2D eigenvalue weighted by molar-refractivity contribution is 7.90. The molecule has 2 aliphatic heterocycles. The van der Waals surface area contributed by atoms with Gasteiger partial charge in [-0.25, -0.2) is 4.79 Å². The number of anilines is 1. The van der Waals surface area contributed by atoms with Gasteiger partial charge in [-0.2, -0.15) is 8.42 Å². The number of carbonyl (C=O) groups is 1. The third-order valence-corrected chi connectivity index (χ3v) is 6.56. The number of sulfonamides is 1. The first-order valence-electron chi connectivity index (χ1n) is 10.2. The van der Waals surface area contributed by atoms with Crippen molar-refractivity contribution in [2.24, 2.45) is 4.40 Å². The van der Waals surface area contributed by atoms with E-state index < -0.39 is 16.0 Å². The summed E-state index contributed by atoms with van der Waals surface area (Å²) >= 11 is 0. The molecule has 0 bridgehead atoms. The summed E-state index contributed by atoms with van der Waals surface area (Å²) in [4.78, 5) is 14.4. The van der Waals surface area contributed by atoms with Crippen molar-refractivity contribution in [3.63, 3.8) is 0 Å².